The lowest BCUT2D eigenvalue weighted by molar-refractivity contribution is 0.623. The van der Waals surface area contributed by atoms with Gasteiger partial charge < -0.3 is 0 Å². The SMILES string of the molecule is CC(C)(C)[S@@](=O)N[C@H](c1ccccc1)c1ccc(Cl)cc1. The average molecular weight is 322 g/mol. The first-order valence-corrected chi connectivity index (χ1v) is 8.39. The fourth-order valence-corrected chi connectivity index (χ4v) is 2.88. The molecular weight excluding hydrogens is 302 g/mol. The molecule has 1 N–H and O–H groups in total. The highest BCUT2D eigenvalue weighted by molar-refractivity contribution is 7.84. The lowest BCUT2D eigenvalue weighted by Crippen LogP contribution is -2.36. The molecular formula is C17H20ClNOS. The summed E-state index contributed by atoms with van der Waals surface area (Å²) >= 11 is 5.96. The third-order valence-corrected chi connectivity index (χ3v) is 4.93. The van der Waals surface area contributed by atoms with E-state index in [1.807, 2.05) is 75.4 Å². The van der Waals surface area contributed by atoms with Crippen LogP contribution in [-0.4, -0.2) is 8.96 Å². The second-order valence-electron chi connectivity index (χ2n) is 5.89. The smallest absolute Gasteiger partial charge is 0.0979 e. The van der Waals surface area contributed by atoms with E-state index in [0.29, 0.717) is 5.02 Å². The van der Waals surface area contributed by atoms with Gasteiger partial charge in [-0.05, 0) is 44.0 Å². The van der Waals surface area contributed by atoms with Crippen LogP contribution in [0.2, 0.25) is 5.02 Å². The van der Waals surface area contributed by atoms with Gasteiger partial charge in [0.25, 0.3) is 0 Å². The number of halogens is 1. The molecule has 0 spiro atoms. The zero-order valence-electron chi connectivity index (χ0n) is 12.5. The maximum Gasteiger partial charge on any atom is 0.0979 e. The van der Waals surface area contributed by atoms with Gasteiger partial charge in [0.15, 0.2) is 0 Å². The number of benzene rings is 2. The third kappa shape index (κ3) is 4.40. The summed E-state index contributed by atoms with van der Waals surface area (Å²) < 4.78 is 15.4. The van der Waals surface area contributed by atoms with Crippen molar-refractivity contribution in [2.75, 3.05) is 0 Å². The van der Waals surface area contributed by atoms with Crippen LogP contribution in [-0.2, 0) is 11.0 Å². The molecule has 2 atom stereocenters. The molecule has 0 saturated heterocycles. The van der Waals surface area contributed by atoms with Gasteiger partial charge >= 0.3 is 0 Å². The molecule has 112 valence electrons. The third-order valence-electron chi connectivity index (χ3n) is 3.12. The Hall–Kier alpha value is -1.16. The highest BCUT2D eigenvalue weighted by Crippen LogP contribution is 2.25. The van der Waals surface area contributed by atoms with Crippen molar-refractivity contribution in [1.82, 2.24) is 4.72 Å². The molecule has 0 fully saturated rings. The number of hydrogen-bond donors (Lipinski definition) is 1. The predicted molar refractivity (Wildman–Crippen MR) is 90.8 cm³/mol. The van der Waals surface area contributed by atoms with Gasteiger partial charge in [0, 0.05) is 5.02 Å². The maximum atomic E-state index is 12.5. The Kier molecular flexibility index (Phi) is 5.20. The zero-order valence-corrected chi connectivity index (χ0v) is 14.0. The van der Waals surface area contributed by atoms with Crippen LogP contribution < -0.4 is 4.72 Å². The molecule has 21 heavy (non-hydrogen) atoms. The maximum absolute atomic E-state index is 12.5. The first-order chi connectivity index (χ1) is 9.88. The minimum Gasteiger partial charge on any atom is -0.242 e. The van der Waals surface area contributed by atoms with Crippen molar-refractivity contribution < 1.29 is 4.21 Å². The van der Waals surface area contributed by atoms with Gasteiger partial charge in [0.2, 0.25) is 0 Å². The van der Waals surface area contributed by atoms with Crippen molar-refractivity contribution in [3.05, 3.63) is 70.7 Å². The summed E-state index contributed by atoms with van der Waals surface area (Å²) in [6.07, 6.45) is 0. The van der Waals surface area contributed by atoms with E-state index in [0.717, 1.165) is 11.1 Å². The Morgan fingerprint density at radius 1 is 0.952 bits per heavy atom. The molecule has 0 aliphatic heterocycles. The molecule has 2 rings (SSSR count). The number of rotatable bonds is 4. The van der Waals surface area contributed by atoms with Gasteiger partial charge in [0.1, 0.15) is 0 Å². The van der Waals surface area contributed by atoms with Crippen LogP contribution >= 0.6 is 11.6 Å². The summed E-state index contributed by atoms with van der Waals surface area (Å²) in [4.78, 5) is 0. The molecule has 0 aliphatic rings. The molecule has 0 saturated carbocycles. The monoisotopic (exact) mass is 321 g/mol. The summed E-state index contributed by atoms with van der Waals surface area (Å²) in [5.74, 6) is 0. The minimum absolute atomic E-state index is 0.122. The van der Waals surface area contributed by atoms with E-state index in [1.165, 1.54) is 0 Å². The number of nitrogens with one attached hydrogen (secondary N) is 1. The second kappa shape index (κ2) is 6.73. The van der Waals surface area contributed by atoms with Gasteiger partial charge in [-0.3, -0.25) is 0 Å². The topological polar surface area (TPSA) is 29.1 Å². The highest BCUT2D eigenvalue weighted by atomic mass is 35.5. The average Bonchev–Trinajstić information content (AvgIpc) is 2.45. The molecule has 0 radical (unpaired) electrons. The number of hydrogen-bond acceptors (Lipinski definition) is 1. The Morgan fingerprint density at radius 2 is 1.48 bits per heavy atom. The Balaban J connectivity index is 2.36. The summed E-state index contributed by atoms with van der Waals surface area (Å²) in [6.45, 7) is 5.88. The molecule has 0 bridgehead atoms. The van der Waals surface area contributed by atoms with E-state index >= 15 is 0 Å². The quantitative estimate of drug-likeness (QED) is 0.883. The van der Waals surface area contributed by atoms with Crippen LogP contribution in [0.25, 0.3) is 0 Å². The zero-order chi connectivity index (χ0) is 15.5. The van der Waals surface area contributed by atoms with Crippen LogP contribution in [0.4, 0.5) is 0 Å². The van der Waals surface area contributed by atoms with Crippen molar-refractivity contribution in [1.29, 1.82) is 0 Å². The van der Waals surface area contributed by atoms with Crippen LogP contribution in [0.3, 0.4) is 0 Å². The van der Waals surface area contributed by atoms with Gasteiger partial charge in [-0.1, -0.05) is 54.1 Å². The molecule has 2 aromatic carbocycles. The first kappa shape index (κ1) is 16.2. The van der Waals surface area contributed by atoms with Crippen LogP contribution in [0.5, 0.6) is 0 Å². The van der Waals surface area contributed by atoms with Gasteiger partial charge in [-0.25, -0.2) is 8.93 Å². The van der Waals surface area contributed by atoms with Gasteiger partial charge in [-0.15, -0.1) is 0 Å². The van der Waals surface area contributed by atoms with E-state index in [2.05, 4.69) is 4.72 Å². The summed E-state index contributed by atoms with van der Waals surface area (Å²) in [5.41, 5.74) is 2.13. The van der Waals surface area contributed by atoms with Crippen molar-refractivity contribution in [2.45, 2.75) is 31.6 Å². The predicted octanol–water partition coefficient (Wildman–Crippen LogP) is 4.48. The first-order valence-electron chi connectivity index (χ1n) is 6.86. The molecule has 0 aliphatic carbocycles. The Labute approximate surface area is 134 Å². The van der Waals surface area contributed by atoms with Crippen molar-refractivity contribution in [3.8, 4) is 0 Å². The largest absolute Gasteiger partial charge is 0.242 e. The van der Waals surface area contributed by atoms with Crippen molar-refractivity contribution in [2.24, 2.45) is 0 Å². The van der Waals surface area contributed by atoms with Crippen LogP contribution in [0.15, 0.2) is 54.6 Å². The van der Waals surface area contributed by atoms with Crippen molar-refractivity contribution >= 4 is 22.6 Å². The lowest BCUT2D eigenvalue weighted by Gasteiger charge is -2.25. The highest BCUT2D eigenvalue weighted by Gasteiger charge is 2.24. The molecule has 2 nitrogen and oxygen atoms in total. The van der Waals surface area contributed by atoms with Crippen molar-refractivity contribution in [3.63, 3.8) is 0 Å². The van der Waals surface area contributed by atoms with E-state index in [-0.39, 0.29) is 10.8 Å². The molecule has 0 heterocycles. The molecule has 0 amide bonds. The van der Waals surface area contributed by atoms with Gasteiger partial charge in [0.05, 0.1) is 21.8 Å². The Bertz CT molecular complexity index is 605. The Morgan fingerprint density at radius 3 is 2.00 bits per heavy atom. The molecule has 2 aromatic rings. The fourth-order valence-electron chi connectivity index (χ4n) is 1.91. The van der Waals surface area contributed by atoms with E-state index in [4.69, 9.17) is 11.6 Å². The minimum atomic E-state index is -1.16. The summed E-state index contributed by atoms with van der Waals surface area (Å²) in [7, 11) is -1.16. The standard InChI is InChI=1S/C17H20ClNOS/c1-17(2,3)21(20)19-16(13-7-5-4-6-8-13)14-9-11-15(18)12-10-14/h4-12,16,19H,1-3H3/t16-,21-/m1/s1. The fraction of sp³-hybridized carbons (Fsp3) is 0.294. The van der Waals surface area contributed by atoms with E-state index < -0.39 is 11.0 Å². The van der Waals surface area contributed by atoms with E-state index in [1.54, 1.807) is 0 Å². The second-order valence-corrected chi connectivity index (χ2v) is 8.33. The molecule has 4 heteroatoms. The lowest BCUT2D eigenvalue weighted by atomic mass is 10.00. The van der Waals surface area contributed by atoms with Crippen LogP contribution in [0, 0.1) is 0 Å². The molecule has 0 unspecified atom stereocenters. The van der Waals surface area contributed by atoms with Gasteiger partial charge in [-0.2, -0.15) is 0 Å². The normalized spacial score (nSPS) is 14.7. The molecule has 0 aromatic heterocycles. The summed E-state index contributed by atoms with van der Waals surface area (Å²) in [6, 6.07) is 17.5. The van der Waals surface area contributed by atoms with E-state index in [9.17, 15) is 4.21 Å². The summed E-state index contributed by atoms with van der Waals surface area (Å²) in [5, 5.41) is 0.697. The van der Waals surface area contributed by atoms with Crippen LogP contribution in [0.1, 0.15) is 37.9 Å².